The average molecular weight is 325 g/mol. The maximum absolute atomic E-state index is 6.14. The predicted octanol–water partition coefficient (Wildman–Crippen LogP) is 5.82. The molecule has 1 aromatic heterocycles. The SMILES string of the molecule is Brc1ccc(-c2cccc3c4c(oc23)CCC=C4)cc1. The number of halogens is 1. The average Bonchev–Trinajstić information content (AvgIpc) is 2.87. The third-order valence-corrected chi connectivity index (χ3v) is 4.34. The van der Waals surface area contributed by atoms with Gasteiger partial charge in [0, 0.05) is 27.4 Å². The van der Waals surface area contributed by atoms with E-state index in [2.05, 4.69) is 70.5 Å². The van der Waals surface area contributed by atoms with Crippen LogP contribution in [-0.4, -0.2) is 0 Å². The van der Waals surface area contributed by atoms with Crippen LogP contribution < -0.4 is 0 Å². The summed E-state index contributed by atoms with van der Waals surface area (Å²) in [6.07, 6.45) is 6.49. The molecule has 1 heterocycles. The molecule has 0 unspecified atom stereocenters. The summed E-state index contributed by atoms with van der Waals surface area (Å²) in [7, 11) is 0. The van der Waals surface area contributed by atoms with Gasteiger partial charge in [0.2, 0.25) is 0 Å². The van der Waals surface area contributed by atoms with Gasteiger partial charge in [-0.05, 0) is 24.1 Å². The molecule has 4 rings (SSSR count). The maximum Gasteiger partial charge on any atom is 0.142 e. The largest absolute Gasteiger partial charge is 0.460 e. The molecule has 1 aliphatic rings. The van der Waals surface area contributed by atoms with Crippen LogP contribution >= 0.6 is 15.9 Å². The Morgan fingerprint density at radius 3 is 2.70 bits per heavy atom. The van der Waals surface area contributed by atoms with Gasteiger partial charge in [0.1, 0.15) is 11.3 Å². The van der Waals surface area contributed by atoms with Gasteiger partial charge in [0.15, 0.2) is 0 Å². The second-order valence-electron chi connectivity index (χ2n) is 5.07. The van der Waals surface area contributed by atoms with Crippen molar-refractivity contribution in [1.29, 1.82) is 0 Å². The normalized spacial score (nSPS) is 13.7. The highest BCUT2D eigenvalue weighted by molar-refractivity contribution is 9.10. The van der Waals surface area contributed by atoms with Crippen molar-refractivity contribution in [2.75, 3.05) is 0 Å². The third kappa shape index (κ3) is 1.83. The number of fused-ring (bicyclic) bond motifs is 3. The molecule has 2 heteroatoms. The topological polar surface area (TPSA) is 13.1 Å². The predicted molar refractivity (Wildman–Crippen MR) is 86.7 cm³/mol. The Morgan fingerprint density at radius 2 is 1.85 bits per heavy atom. The number of benzene rings is 2. The minimum atomic E-state index is 1.00. The highest BCUT2D eigenvalue weighted by atomic mass is 79.9. The molecule has 2 aromatic carbocycles. The summed E-state index contributed by atoms with van der Waals surface area (Å²) in [5.74, 6) is 1.12. The first-order valence-electron chi connectivity index (χ1n) is 6.80. The molecule has 0 radical (unpaired) electrons. The molecular weight excluding hydrogens is 312 g/mol. The van der Waals surface area contributed by atoms with E-state index in [0.29, 0.717) is 0 Å². The molecule has 0 atom stereocenters. The first-order chi connectivity index (χ1) is 9.83. The zero-order valence-electron chi connectivity index (χ0n) is 10.9. The van der Waals surface area contributed by atoms with Gasteiger partial charge >= 0.3 is 0 Å². The van der Waals surface area contributed by atoms with Crippen LogP contribution in [0.5, 0.6) is 0 Å². The molecule has 0 aliphatic heterocycles. The number of hydrogen-bond donors (Lipinski definition) is 0. The lowest BCUT2D eigenvalue weighted by Gasteiger charge is -2.03. The lowest BCUT2D eigenvalue weighted by molar-refractivity contribution is 0.547. The second-order valence-corrected chi connectivity index (χ2v) is 5.98. The minimum Gasteiger partial charge on any atom is -0.460 e. The molecule has 20 heavy (non-hydrogen) atoms. The van der Waals surface area contributed by atoms with Crippen molar-refractivity contribution in [3.05, 3.63) is 64.3 Å². The summed E-state index contributed by atoms with van der Waals surface area (Å²) in [6.45, 7) is 0. The molecule has 1 nitrogen and oxygen atoms in total. The second kappa shape index (κ2) is 4.64. The zero-order valence-corrected chi connectivity index (χ0v) is 12.5. The summed E-state index contributed by atoms with van der Waals surface area (Å²) >= 11 is 3.48. The van der Waals surface area contributed by atoms with Gasteiger partial charge < -0.3 is 4.42 Å². The molecule has 0 saturated heterocycles. The molecule has 98 valence electrons. The van der Waals surface area contributed by atoms with Crippen molar-refractivity contribution < 1.29 is 4.42 Å². The number of para-hydroxylation sites is 1. The van der Waals surface area contributed by atoms with E-state index in [0.717, 1.165) is 34.2 Å². The number of allylic oxidation sites excluding steroid dienone is 1. The Bertz CT molecular complexity index is 809. The van der Waals surface area contributed by atoms with E-state index in [1.54, 1.807) is 0 Å². The Kier molecular flexibility index (Phi) is 2.78. The van der Waals surface area contributed by atoms with Crippen LogP contribution in [0.4, 0.5) is 0 Å². The Labute approximate surface area is 126 Å². The summed E-state index contributed by atoms with van der Waals surface area (Å²) in [5.41, 5.74) is 4.61. The van der Waals surface area contributed by atoms with E-state index in [1.165, 1.54) is 16.5 Å². The lowest BCUT2D eigenvalue weighted by atomic mass is 9.99. The fourth-order valence-electron chi connectivity index (χ4n) is 2.83. The highest BCUT2D eigenvalue weighted by Gasteiger charge is 2.16. The molecule has 0 saturated carbocycles. The van der Waals surface area contributed by atoms with Crippen LogP contribution in [0.3, 0.4) is 0 Å². The number of aryl methyl sites for hydroxylation is 1. The van der Waals surface area contributed by atoms with Gasteiger partial charge in [-0.25, -0.2) is 0 Å². The molecule has 0 N–H and O–H groups in total. The molecule has 0 fully saturated rings. The van der Waals surface area contributed by atoms with Gasteiger partial charge in [-0.1, -0.05) is 58.4 Å². The van der Waals surface area contributed by atoms with Crippen molar-refractivity contribution in [2.24, 2.45) is 0 Å². The van der Waals surface area contributed by atoms with Crippen LogP contribution in [0.2, 0.25) is 0 Å². The zero-order chi connectivity index (χ0) is 13.5. The van der Waals surface area contributed by atoms with E-state index in [4.69, 9.17) is 4.42 Å². The van der Waals surface area contributed by atoms with Gasteiger partial charge in [0.25, 0.3) is 0 Å². The van der Waals surface area contributed by atoms with E-state index in [9.17, 15) is 0 Å². The maximum atomic E-state index is 6.14. The lowest BCUT2D eigenvalue weighted by Crippen LogP contribution is -1.87. The molecule has 3 aromatic rings. The van der Waals surface area contributed by atoms with E-state index >= 15 is 0 Å². The highest BCUT2D eigenvalue weighted by Crippen LogP contribution is 2.37. The molecule has 0 bridgehead atoms. The third-order valence-electron chi connectivity index (χ3n) is 3.81. The first kappa shape index (κ1) is 12.0. The number of furan rings is 1. The standard InChI is InChI=1S/C18H13BrO/c19-13-10-8-12(9-11-13)14-5-3-6-16-15-4-1-2-7-17(15)20-18(14)16/h1,3-6,8-11H,2,7H2. The Balaban J connectivity index is 1.99. The summed E-state index contributed by atoms with van der Waals surface area (Å²) in [6, 6.07) is 14.8. The van der Waals surface area contributed by atoms with Crippen LogP contribution in [0.15, 0.2) is 57.4 Å². The summed E-state index contributed by atoms with van der Waals surface area (Å²) in [4.78, 5) is 0. The van der Waals surface area contributed by atoms with Gasteiger partial charge in [-0.3, -0.25) is 0 Å². The van der Waals surface area contributed by atoms with E-state index < -0.39 is 0 Å². The fourth-order valence-corrected chi connectivity index (χ4v) is 3.09. The van der Waals surface area contributed by atoms with Crippen molar-refractivity contribution in [3.63, 3.8) is 0 Å². The van der Waals surface area contributed by atoms with Crippen LogP contribution in [0.1, 0.15) is 17.7 Å². The Morgan fingerprint density at radius 1 is 1.00 bits per heavy atom. The Hall–Kier alpha value is -1.80. The first-order valence-corrected chi connectivity index (χ1v) is 7.59. The summed E-state index contributed by atoms with van der Waals surface area (Å²) < 4.78 is 7.24. The molecular formula is C18H13BrO. The van der Waals surface area contributed by atoms with Crippen molar-refractivity contribution in [2.45, 2.75) is 12.8 Å². The van der Waals surface area contributed by atoms with E-state index in [1.807, 2.05) is 0 Å². The van der Waals surface area contributed by atoms with Crippen molar-refractivity contribution in [1.82, 2.24) is 0 Å². The molecule has 0 amide bonds. The quantitative estimate of drug-likeness (QED) is 0.549. The van der Waals surface area contributed by atoms with Crippen LogP contribution in [-0.2, 0) is 6.42 Å². The minimum absolute atomic E-state index is 1.00. The van der Waals surface area contributed by atoms with Crippen LogP contribution in [0.25, 0.3) is 28.2 Å². The molecule has 1 aliphatic carbocycles. The monoisotopic (exact) mass is 324 g/mol. The smallest absolute Gasteiger partial charge is 0.142 e. The van der Waals surface area contributed by atoms with Crippen molar-refractivity contribution in [3.8, 4) is 11.1 Å². The number of rotatable bonds is 1. The summed E-state index contributed by atoms with van der Waals surface area (Å²) in [5, 5.41) is 1.22. The van der Waals surface area contributed by atoms with Crippen LogP contribution in [0, 0.1) is 0 Å². The number of hydrogen-bond acceptors (Lipinski definition) is 1. The molecule has 0 spiro atoms. The van der Waals surface area contributed by atoms with Gasteiger partial charge in [-0.15, -0.1) is 0 Å². The fraction of sp³-hybridized carbons (Fsp3) is 0.111. The van der Waals surface area contributed by atoms with E-state index in [-0.39, 0.29) is 0 Å². The van der Waals surface area contributed by atoms with Gasteiger partial charge in [-0.2, -0.15) is 0 Å². The van der Waals surface area contributed by atoms with Crippen molar-refractivity contribution >= 4 is 33.0 Å². The van der Waals surface area contributed by atoms with Gasteiger partial charge in [0.05, 0.1) is 0 Å².